The highest BCUT2D eigenvalue weighted by atomic mass is 32.2. The van der Waals surface area contributed by atoms with Crippen LogP contribution in [0.2, 0.25) is 0 Å². The molecule has 0 amide bonds. The number of hydrogen-bond acceptors (Lipinski definition) is 3. The van der Waals surface area contributed by atoms with Crippen LogP contribution in [0.25, 0.3) is 0 Å². The van der Waals surface area contributed by atoms with Crippen LogP contribution in [0.5, 0.6) is 5.75 Å². The van der Waals surface area contributed by atoms with Gasteiger partial charge in [0.1, 0.15) is 12.4 Å². The van der Waals surface area contributed by atoms with E-state index in [-0.39, 0.29) is 0 Å². The molecule has 0 heterocycles. The molecule has 0 fully saturated rings. The third kappa shape index (κ3) is 4.41. The number of nitrogens with two attached hydrogens (primary N) is 1. The van der Waals surface area contributed by atoms with Gasteiger partial charge in [0, 0.05) is 11.4 Å². The molecule has 2 rings (SSSR count). The van der Waals surface area contributed by atoms with Gasteiger partial charge >= 0.3 is 0 Å². The van der Waals surface area contributed by atoms with E-state index in [0.29, 0.717) is 18.9 Å². The standard InChI is InChI=1S/C17H21NO2S/c1-13-6-7-17(10-14(13)2)21(19)9-8-20-16-5-3-4-15(11-16)12-18/h3-7,10-11H,8-9,12,18H2,1-2H3. The van der Waals surface area contributed by atoms with E-state index < -0.39 is 10.8 Å². The summed E-state index contributed by atoms with van der Waals surface area (Å²) in [6, 6.07) is 13.6. The van der Waals surface area contributed by atoms with Gasteiger partial charge in [-0.05, 0) is 54.8 Å². The Morgan fingerprint density at radius 1 is 1.10 bits per heavy atom. The lowest BCUT2D eigenvalue weighted by atomic mass is 10.1. The third-order valence-corrected chi connectivity index (χ3v) is 4.73. The molecule has 21 heavy (non-hydrogen) atoms. The summed E-state index contributed by atoms with van der Waals surface area (Å²) in [5.74, 6) is 1.25. The van der Waals surface area contributed by atoms with Crippen molar-refractivity contribution in [3.8, 4) is 5.75 Å². The van der Waals surface area contributed by atoms with Crippen LogP contribution in [-0.4, -0.2) is 16.6 Å². The Kier molecular flexibility index (Phi) is 5.53. The molecule has 0 aliphatic heterocycles. The minimum Gasteiger partial charge on any atom is -0.493 e. The molecule has 112 valence electrons. The molecule has 2 aromatic carbocycles. The maximum atomic E-state index is 12.2. The van der Waals surface area contributed by atoms with Gasteiger partial charge in [0.05, 0.1) is 16.6 Å². The molecular weight excluding hydrogens is 282 g/mol. The van der Waals surface area contributed by atoms with E-state index in [1.165, 1.54) is 5.56 Å². The number of aryl methyl sites for hydroxylation is 2. The summed E-state index contributed by atoms with van der Waals surface area (Å²) >= 11 is 0. The van der Waals surface area contributed by atoms with Crippen LogP contribution >= 0.6 is 0 Å². The van der Waals surface area contributed by atoms with E-state index in [9.17, 15) is 4.21 Å². The molecule has 4 heteroatoms. The van der Waals surface area contributed by atoms with Crippen molar-refractivity contribution >= 4 is 10.8 Å². The van der Waals surface area contributed by atoms with Gasteiger partial charge in [-0.15, -0.1) is 0 Å². The average molecular weight is 303 g/mol. The first-order chi connectivity index (χ1) is 10.1. The van der Waals surface area contributed by atoms with Gasteiger partial charge in [0.2, 0.25) is 0 Å². The summed E-state index contributed by atoms with van der Waals surface area (Å²) in [4.78, 5) is 0.859. The number of ether oxygens (including phenoxy) is 1. The molecule has 2 aromatic rings. The molecule has 3 nitrogen and oxygen atoms in total. The normalized spacial score (nSPS) is 12.1. The first-order valence-corrected chi connectivity index (χ1v) is 8.29. The Bertz CT molecular complexity index is 640. The SMILES string of the molecule is Cc1ccc(S(=O)CCOc2cccc(CN)c2)cc1C. The van der Waals surface area contributed by atoms with E-state index in [2.05, 4.69) is 6.92 Å². The van der Waals surface area contributed by atoms with Crippen molar-refractivity contribution in [3.05, 3.63) is 59.2 Å². The van der Waals surface area contributed by atoms with Crippen molar-refractivity contribution in [2.45, 2.75) is 25.3 Å². The molecule has 1 atom stereocenters. The molecule has 2 N–H and O–H groups in total. The van der Waals surface area contributed by atoms with Gasteiger partial charge in [-0.25, -0.2) is 0 Å². The van der Waals surface area contributed by atoms with Crippen LogP contribution in [0.15, 0.2) is 47.4 Å². The zero-order chi connectivity index (χ0) is 15.2. The predicted octanol–water partition coefficient (Wildman–Crippen LogP) is 2.95. The highest BCUT2D eigenvalue weighted by molar-refractivity contribution is 7.85. The van der Waals surface area contributed by atoms with E-state index in [0.717, 1.165) is 21.8 Å². The number of hydrogen-bond donors (Lipinski definition) is 1. The van der Waals surface area contributed by atoms with Crippen molar-refractivity contribution < 1.29 is 8.95 Å². The second-order valence-electron chi connectivity index (χ2n) is 5.00. The van der Waals surface area contributed by atoms with Gasteiger partial charge in [0.15, 0.2) is 0 Å². The lowest BCUT2D eigenvalue weighted by molar-refractivity contribution is 0.342. The third-order valence-electron chi connectivity index (χ3n) is 3.41. The molecule has 0 saturated heterocycles. The highest BCUT2D eigenvalue weighted by Crippen LogP contribution is 2.15. The molecule has 0 radical (unpaired) electrons. The first-order valence-electron chi connectivity index (χ1n) is 6.97. The smallest absolute Gasteiger partial charge is 0.119 e. The van der Waals surface area contributed by atoms with Gasteiger partial charge in [-0.3, -0.25) is 4.21 Å². The van der Waals surface area contributed by atoms with E-state index >= 15 is 0 Å². The molecule has 0 bridgehead atoms. The molecule has 1 unspecified atom stereocenters. The monoisotopic (exact) mass is 303 g/mol. The Balaban J connectivity index is 1.90. The topological polar surface area (TPSA) is 52.3 Å². The van der Waals surface area contributed by atoms with Crippen LogP contribution in [0.1, 0.15) is 16.7 Å². The maximum Gasteiger partial charge on any atom is 0.119 e. The Labute approximate surface area is 128 Å². The maximum absolute atomic E-state index is 12.2. The fourth-order valence-electron chi connectivity index (χ4n) is 1.97. The quantitative estimate of drug-likeness (QED) is 0.892. The summed E-state index contributed by atoms with van der Waals surface area (Å²) in [5.41, 5.74) is 9.00. The van der Waals surface area contributed by atoms with Crippen LogP contribution in [0.4, 0.5) is 0 Å². The number of rotatable bonds is 6. The van der Waals surface area contributed by atoms with Crippen LogP contribution in [-0.2, 0) is 17.3 Å². The second kappa shape index (κ2) is 7.38. The van der Waals surface area contributed by atoms with Crippen molar-refractivity contribution in [2.75, 3.05) is 12.4 Å². The summed E-state index contributed by atoms with van der Waals surface area (Å²) < 4.78 is 17.9. The van der Waals surface area contributed by atoms with E-state index in [1.54, 1.807) is 0 Å². The van der Waals surface area contributed by atoms with E-state index in [4.69, 9.17) is 10.5 Å². The van der Waals surface area contributed by atoms with Crippen molar-refractivity contribution in [3.63, 3.8) is 0 Å². The largest absolute Gasteiger partial charge is 0.493 e. The molecule has 0 saturated carbocycles. The molecule has 0 spiro atoms. The Morgan fingerprint density at radius 2 is 1.90 bits per heavy atom. The fourth-order valence-corrected chi connectivity index (χ4v) is 2.97. The summed E-state index contributed by atoms with van der Waals surface area (Å²) in [6.07, 6.45) is 0. The van der Waals surface area contributed by atoms with Crippen molar-refractivity contribution in [1.29, 1.82) is 0 Å². The summed E-state index contributed by atoms with van der Waals surface area (Å²) in [7, 11) is -1.03. The molecule has 0 aliphatic rings. The molecular formula is C17H21NO2S. The summed E-state index contributed by atoms with van der Waals surface area (Å²) in [6.45, 7) is 5.00. The van der Waals surface area contributed by atoms with Gasteiger partial charge in [-0.1, -0.05) is 18.2 Å². The molecule has 0 aromatic heterocycles. The Morgan fingerprint density at radius 3 is 2.62 bits per heavy atom. The average Bonchev–Trinajstić information content (AvgIpc) is 2.50. The van der Waals surface area contributed by atoms with Crippen LogP contribution in [0, 0.1) is 13.8 Å². The lowest BCUT2D eigenvalue weighted by Gasteiger charge is -2.08. The lowest BCUT2D eigenvalue weighted by Crippen LogP contribution is -2.09. The second-order valence-corrected chi connectivity index (χ2v) is 6.57. The zero-order valence-corrected chi connectivity index (χ0v) is 13.3. The fraction of sp³-hybridized carbons (Fsp3) is 0.294. The van der Waals surface area contributed by atoms with Crippen LogP contribution in [0.3, 0.4) is 0 Å². The minimum atomic E-state index is -1.03. The minimum absolute atomic E-state index is 0.424. The van der Waals surface area contributed by atoms with Crippen molar-refractivity contribution in [2.24, 2.45) is 5.73 Å². The zero-order valence-electron chi connectivity index (χ0n) is 12.5. The molecule has 0 aliphatic carbocycles. The van der Waals surface area contributed by atoms with Crippen LogP contribution < -0.4 is 10.5 Å². The summed E-state index contributed by atoms with van der Waals surface area (Å²) in [5, 5.41) is 0. The van der Waals surface area contributed by atoms with Gasteiger partial charge in [-0.2, -0.15) is 0 Å². The Hall–Kier alpha value is -1.65. The number of benzene rings is 2. The predicted molar refractivity (Wildman–Crippen MR) is 87.0 cm³/mol. The van der Waals surface area contributed by atoms with Crippen molar-refractivity contribution in [1.82, 2.24) is 0 Å². The van der Waals surface area contributed by atoms with Gasteiger partial charge in [0.25, 0.3) is 0 Å². The van der Waals surface area contributed by atoms with E-state index in [1.807, 2.05) is 49.4 Å². The van der Waals surface area contributed by atoms with Gasteiger partial charge < -0.3 is 10.5 Å². The highest BCUT2D eigenvalue weighted by Gasteiger charge is 2.06. The first kappa shape index (κ1) is 15.7.